The first-order chi connectivity index (χ1) is 24.7. The molecule has 13 nitrogen and oxygen atoms in total. The van der Waals surface area contributed by atoms with Gasteiger partial charge in [-0.15, -0.1) is 0 Å². The predicted molar refractivity (Wildman–Crippen MR) is 186 cm³/mol. The second kappa shape index (κ2) is 16.2. The lowest BCUT2D eigenvalue weighted by Gasteiger charge is -2.17. The van der Waals surface area contributed by atoms with Crippen molar-refractivity contribution in [3.05, 3.63) is 94.2 Å². The molecule has 0 radical (unpaired) electrons. The van der Waals surface area contributed by atoms with Gasteiger partial charge in [-0.3, -0.25) is 29.0 Å². The number of hydrogen-bond donors (Lipinski definition) is 1. The van der Waals surface area contributed by atoms with E-state index >= 15 is 0 Å². The van der Waals surface area contributed by atoms with Crippen molar-refractivity contribution >= 4 is 23.6 Å². The summed E-state index contributed by atoms with van der Waals surface area (Å²) in [5.74, 6) is 0.780. The predicted octanol–water partition coefficient (Wildman–Crippen LogP) is 3.27. The van der Waals surface area contributed by atoms with Crippen LogP contribution in [0.5, 0.6) is 34.5 Å². The third kappa shape index (κ3) is 7.62. The first kappa shape index (κ1) is 36.3. The summed E-state index contributed by atoms with van der Waals surface area (Å²) in [4.78, 5) is 57.0. The van der Waals surface area contributed by atoms with E-state index in [9.17, 15) is 19.2 Å². The fraction of sp³-hybridized carbons (Fsp3) is 0.316. The van der Waals surface area contributed by atoms with Crippen molar-refractivity contribution in [2.24, 2.45) is 0 Å². The number of imide groups is 2. The van der Waals surface area contributed by atoms with E-state index in [1.807, 2.05) is 24.3 Å². The van der Waals surface area contributed by atoms with Crippen LogP contribution in [0.2, 0.25) is 0 Å². The van der Waals surface area contributed by atoms with E-state index in [4.69, 9.17) is 28.4 Å². The molecule has 51 heavy (non-hydrogen) atoms. The Morgan fingerprint density at radius 3 is 1.39 bits per heavy atom. The van der Waals surface area contributed by atoms with Gasteiger partial charge in [-0.25, -0.2) is 0 Å². The lowest BCUT2D eigenvalue weighted by atomic mass is 10.0. The zero-order valence-electron chi connectivity index (χ0n) is 29.5. The number of methoxy groups -OCH3 is 6. The maximum atomic E-state index is 14.0. The van der Waals surface area contributed by atoms with Crippen molar-refractivity contribution in [3.63, 3.8) is 0 Å². The van der Waals surface area contributed by atoms with Crippen LogP contribution in [-0.4, -0.2) is 95.7 Å². The quantitative estimate of drug-likeness (QED) is 0.208. The van der Waals surface area contributed by atoms with Gasteiger partial charge in [0.15, 0.2) is 34.5 Å². The average Bonchev–Trinajstić information content (AvgIpc) is 3.56. The summed E-state index contributed by atoms with van der Waals surface area (Å²) in [5.41, 5.74) is 2.20. The summed E-state index contributed by atoms with van der Waals surface area (Å²) in [5, 5.41) is 3.11. The number of carbonyl (C=O) groups excluding carboxylic acids is 4. The molecule has 268 valence electrons. The van der Waals surface area contributed by atoms with Crippen molar-refractivity contribution in [1.29, 1.82) is 0 Å². The van der Waals surface area contributed by atoms with Crippen molar-refractivity contribution in [2.75, 3.05) is 62.3 Å². The third-order valence-electron chi connectivity index (χ3n) is 8.75. The Kier molecular flexibility index (Phi) is 11.5. The summed E-state index contributed by atoms with van der Waals surface area (Å²) >= 11 is 0. The zero-order valence-corrected chi connectivity index (χ0v) is 29.5. The van der Waals surface area contributed by atoms with E-state index in [0.29, 0.717) is 53.8 Å². The van der Waals surface area contributed by atoms with E-state index in [1.54, 1.807) is 44.6 Å². The summed E-state index contributed by atoms with van der Waals surface area (Å²) in [6.07, 6.45) is 2.23. The van der Waals surface area contributed by atoms with E-state index in [0.717, 1.165) is 32.6 Å². The maximum absolute atomic E-state index is 14.0. The smallest absolute Gasteiger partial charge is 0.277 e. The van der Waals surface area contributed by atoms with Crippen LogP contribution in [0.4, 0.5) is 0 Å². The van der Waals surface area contributed by atoms with Gasteiger partial charge in [-0.1, -0.05) is 18.2 Å². The lowest BCUT2D eigenvalue weighted by Crippen LogP contribution is -2.36. The van der Waals surface area contributed by atoms with Gasteiger partial charge in [0.2, 0.25) is 0 Å². The number of ether oxygens (including phenoxy) is 6. The van der Waals surface area contributed by atoms with Gasteiger partial charge in [0, 0.05) is 25.7 Å². The largest absolute Gasteiger partial charge is 0.493 e. The highest BCUT2D eigenvalue weighted by molar-refractivity contribution is 6.29. The number of rotatable bonds is 17. The van der Waals surface area contributed by atoms with E-state index in [1.165, 1.54) is 28.4 Å². The van der Waals surface area contributed by atoms with Gasteiger partial charge >= 0.3 is 0 Å². The van der Waals surface area contributed by atoms with Gasteiger partial charge in [-0.2, -0.15) is 0 Å². The Bertz CT molecular complexity index is 1900. The molecule has 0 saturated heterocycles. The Balaban J connectivity index is 1.37. The monoisotopic (exact) mass is 699 g/mol. The van der Waals surface area contributed by atoms with Gasteiger partial charge in [0.05, 0.1) is 53.8 Å². The van der Waals surface area contributed by atoms with Gasteiger partial charge < -0.3 is 33.7 Å². The van der Waals surface area contributed by atoms with Gasteiger partial charge in [-0.05, 0) is 72.4 Å². The first-order valence-electron chi connectivity index (χ1n) is 16.2. The average molecular weight is 700 g/mol. The maximum Gasteiger partial charge on any atom is 0.277 e. The molecule has 2 heterocycles. The molecule has 0 bridgehead atoms. The molecular formula is C38H41N3O10. The van der Waals surface area contributed by atoms with Crippen LogP contribution in [0.15, 0.2) is 77.5 Å². The summed E-state index contributed by atoms with van der Waals surface area (Å²) in [6.45, 7) is 0.318. The van der Waals surface area contributed by atoms with Crippen LogP contribution in [0, 0.1) is 0 Å². The van der Waals surface area contributed by atoms with Crippen molar-refractivity contribution in [2.45, 2.75) is 19.3 Å². The van der Waals surface area contributed by atoms with Gasteiger partial charge in [0.1, 0.15) is 5.70 Å². The molecule has 4 amide bonds. The molecule has 1 N–H and O–H groups in total. The molecule has 13 heteroatoms. The van der Waals surface area contributed by atoms with Crippen LogP contribution in [0.1, 0.15) is 16.7 Å². The minimum Gasteiger partial charge on any atom is -0.493 e. The number of nitrogens with one attached hydrogen (secondary N) is 1. The molecule has 5 rings (SSSR count). The second-order valence-electron chi connectivity index (χ2n) is 11.6. The summed E-state index contributed by atoms with van der Waals surface area (Å²) in [7, 11) is 9.21. The molecule has 0 saturated carbocycles. The van der Waals surface area contributed by atoms with Crippen molar-refractivity contribution < 1.29 is 47.6 Å². The number of amides is 4. The zero-order chi connectivity index (χ0) is 36.7. The molecule has 0 aromatic heterocycles. The highest BCUT2D eigenvalue weighted by atomic mass is 16.5. The Morgan fingerprint density at radius 2 is 0.941 bits per heavy atom. The van der Waals surface area contributed by atoms with Crippen LogP contribution in [-0.2, 0) is 38.4 Å². The standard InChI is InChI=1S/C38H41N3O10/c1-46-27-10-7-23(19-30(27)49-4)13-16-39-35-34(37(44)41(38(35)45)18-15-25-9-12-29(48-3)32(21-25)51-6)26-22-33(42)40(36(26)43)17-14-24-8-11-28(47-2)31(20-24)50-5/h7-12,19-22,39H,13-18H2,1-6H3. The van der Waals surface area contributed by atoms with Gasteiger partial charge in [0.25, 0.3) is 23.6 Å². The molecular weight excluding hydrogens is 658 g/mol. The minimum absolute atomic E-state index is 0.0238. The highest BCUT2D eigenvalue weighted by Crippen LogP contribution is 2.33. The minimum atomic E-state index is -0.664. The Labute approximate surface area is 296 Å². The van der Waals surface area contributed by atoms with Crippen molar-refractivity contribution in [3.8, 4) is 34.5 Å². The topological polar surface area (TPSA) is 142 Å². The Morgan fingerprint density at radius 1 is 0.510 bits per heavy atom. The highest BCUT2D eigenvalue weighted by Gasteiger charge is 2.45. The van der Waals surface area contributed by atoms with E-state index in [2.05, 4.69) is 5.32 Å². The van der Waals surface area contributed by atoms with E-state index < -0.39 is 23.6 Å². The van der Waals surface area contributed by atoms with E-state index in [-0.39, 0.29) is 36.5 Å². The molecule has 3 aromatic carbocycles. The van der Waals surface area contributed by atoms with Crippen LogP contribution >= 0.6 is 0 Å². The number of hydrogen-bond acceptors (Lipinski definition) is 11. The van der Waals surface area contributed by atoms with Crippen LogP contribution < -0.4 is 33.7 Å². The Hall–Kier alpha value is -5.98. The first-order valence-corrected chi connectivity index (χ1v) is 16.2. The molecule has 2 aliphatic rings. The third-order valence-corrected chi connectivity index (χ3v) is 8.75. The number of carbonyl (C=O) groups is 4. The fourth-order valence-corrected chi connectivity index (χ4v) is 6.01. The molecule has 0 unspecified atom stereocenters. The number of benzene rings is 3. The molecule has 0 spiro atoms. The fourth-order valence-electron chi connectivity index (χ4n) is 6.01. The second-order valence-corrected chi connectivity index (χ2v) is 11.6. The summed E-state index contributed by atoms with van der Waals surface area (Å²) < 4.78 is 32.1. The van der Waals surface area contributed by atoms with Crippen LogP contribution in [0.3, 0.4) is 0 Å². The molecule has 2 aliphatic heterocycles. The molecule has 0 atom stereocenters. The molecule has 0 fully saturated rings. The summed E-state index contributed by atoms with van der Waals surface area (Å²) in [6, 6.07) is 16.2. The SMILES string of the molecule is COc1ccc(CCNC2=C(C3=CC(=O)N(CCc4ccc(OC)c(OC)c4)C3=O)C(=O)N(CCc3ccc(OC)c(OC)c3)C2=O)cc1OC. The van der Waals surface area contributed by atoms with Crippen LogP contribution in [0.25, 0.3) is 0 Å². The normalized spacial score (nSPS) is 14.3. The lowest BCUT2D eigenvalue weighted by molar-refractivity contribution is -0.139. The van der Waals surface area contributed by atoms with Crippen molar-refractivity contribution in [1.82, 2.24) is 15.1 Å². The number of nitrogens with zero attached hydrogens (tertiary/aromatic N) is 2. The molecule has 3 aromatic rings. The molecule has 0 aliphatic carbocycles.